The Kier molecular flexibility index (Phi) is 14.2. The number of ether oxygens (including phenoxy) is 1. The number of fused-ring (bicyclic) bond motifs is 2. The highest BCUT2D eigenvalue weighted by atomic mass is 19.4. The molecule has 6 aliphatic rings. The molecule has 5 aliphatic heterocycles. The van der Waals surface area contributed by atoms with Crippen LogP contribution in [0.3, 0.4) is 0 Å². The van der Waals surface area contributed by atoms with Gasteiger partial charge in [-0.2, -0.15) is 26.3 Å². The molecule has 0 bridgehead atoms. The first kappa shape index (κ1) is 55.8. The summed E-state index contributed by atoms with van der Waals surface area (Å²) in [5.41, 5.74) is -1.25. The highest BCUT2D eigenvalue weighted by Gasteiger charge is 2.54. The lowest BCUT2D eigenvalue weighted by molar-refractivity contribution is -0.139. The molecule has 1 saturated carbocycles. The van der Waals surface area contributed by atoms with Gasteiger partial charge in [0, 0.05) is 111 Å². The van der Waals surface area contributed by atoms with Crippen molar-refractivity contribution in [2.75, 3.05) is 55.8 Å². The van der Waals surface area contributed by atoms with Gasteiger partial charge < -0.3 is 28.8 Å². The third-order valence-corrected chi connectivity index (χ3v) is 17.9. The molecule has 7 heterocycles. The normalized spacial score (nSPS) is 22.8. The zero-order valence-electron chi connectivity index (χ0n) is 45.2. The van der Waals surface area contributed by atoms with Gasteiger partial charge in [-0.15, -0.1) is 20.4 Å². The third kappa shape index (κ3) is 10.4. The predicted molar refractivity (Wildman–Crippen MR) is 281 cm³/mol. The van der Waals surface area contributed by atoms with Crippen LogP contribution in [0.4, 0.5) is 50.9 Å². The Morgan fingerprint density at radius 2 is 1.28 bits per heavy atom. The Morgan fingerprint density at radius 3 is 1.85 bits per heavy atom. The van der Waals surface area contributed by atoms with Crippen molar-refractivity contribution in [3.8, 4) is 0 Å². The Morgan fingerprint density at radius 1 is 0.707 bits per heavy atom. The highest BCUT2D eigenvalue weighted by molar-refractivity contribution is 6.11. The number of piperidine rings is 2. The molecule has 1 N–H and O–H groups in total. The first-order valence-corrected chi connectivity index (χ1v) is 27.7. The summed E-state index contributed by atoms with van der Waals surface area (Å²) >= 11 is 0. The maximum atomic E-state index is 17.2. The minimum atomic E-state index is -4.80. The Hall–Kier alpha value is -6.69. The third-order valence-electron chi connectivity index (χ3n) is 17.9. The molecule has 2 amide bonds. The number of carbonyl (C=O) groups is 2. The maximum Gasteiger partial charge on any atom is 0.416 e. The van der Waals surface area contributed by atoms with Crippen molar-refractivity contribution in [1.29, 1.82) is 0 Å². The molecule has 4 atom stereocenters. The number of likely N-dealkylation sites (tertiary alicyclic amines) is 2. The number of halogens is 9. The molecule has 1 unspecified atom stereocenters. The molecule has 23 heteroatoms. The summed E-state index contributed by atoms with van der Waals surface area (Å²) in [5, 5.41) is 26.8. The van der Waals surface area contributed by atoms with Crippen LogP contribution in [-0.4, -0.2) is 108 Å². The van der Waals surface area contributed by atoms with Crippen LogP contribution in [-0.2, 0) is 73.6 Å². The number of alkyl halides is 9. The predicted octanol–water partition coefficient (Wildman–Crippen LogP) is 10.1. The molecule has 1 aliphatic carbocycles. The zero-order chi connectivity index (χ0) is 57.7. The lowest BCUT2D eigenvalue weighted by atomic mass is 9.75. The second-order valence-corrected chi connectivity index (χ2v) is 23.7. The number of aliphatic hydroxyl groups excluding tert-OH is 1. The molecule has 4 aromatic carbocycles. The lowest BCUT2D eigenvalue weighted by Gasteiger charge is -2.42. The maximum absolute atomic E-state index is 17.2. The van der Waals surface area contributed by atoms with Crippen LogP contribution in [0.25, 0.3) is 0 Å². The van der Waals surface area contributed by atoms with Crippen molar-refractivity contribution in [1.82, 2.24) is 39.3 Å². The average molecular weight is 1150 g/mol. The first-order valence-electron chi connectivity index (χ1n) is 27.7. The molecule has 0 spiro atoms. The average Bonchev–Trinajstić information content (AvgIpc) is 3.84. The molecule has 2 aromatic heterocycles. The number of nitrogens with zero attached hydrogens (tertiary/aromatic N) is 10. The van der Waals surface area contributed by atoms with Gasteiger partial charge in [-0.25, -0.2) is 13.2 Å². The standard InChI is InChI=1S/C59H61F9N10O4/c1-35-15-39(30-79)27-74(23-35)26-38-17-45-46(49(19-38)59(66,67)68)28-77(53(45)80)42-7-3-5-40(20-42)55(31-82-32-55)22-50-71-69-33-75(50)13-14-76-34-70-72-52(76)51(60)56(9-10-56)41-6-4-8-43(21-41)78-29-47-44(54(78)81)16-37(18-48(47)58(63,64)65)25-73-12-11-57(61,62)36(2)24-73/h3-8,16-21,33-36,39,51,79H,9-15,22-32H2,1-2H3/t35-,36?,39+,51+/m0/s1. The van der Waals surface area contributed by atoms with E-state index in [1.165, 1.54) is 29.1 Å². The van der Waals surface area contributed by atoms with E-state index >= 15 is 4.39 Å². The van der Waals surface area contributed by atoms with Gasteiger partial charge in [0.05, 0.1) is 37.4 Å². The number of benzene rings is 4. The fraction of sp³-hybridized carbons (Fsp3) is 0.492. The quantitative estimate of drug-likeness (QED) is 0.0933. The van der Waals surface area contributed by atoms with Crippen LogP contribution < -0.4 is 9.80 Å². The van der Waals surface area contributed by atoms with Crippen molar-refractivity contribution in [2.45, 2.75) is 120 Å². The Bertz CT molecular complexity index is 3430. The topological polar surface area (TPSA) is 138 Å². The fourth-order valence-corrected chi connectivity index (χ4v) is 13.3. The minimum absolute atomic E-state index is 0.00283. The van der Waals surface area contributed by atoms with E-state index < -0.39 is 70.6 Å². The monoisotopic (exact) mass is 1140 g/mol. The van der Waals surface area contributed by atoms with Gasteiger partial charge in [0.1, 0.15) is 18.5 Å². The molecule has 12 rings (SSSR count). The van der Waals surface area contributed by atoms with Crippen LogP contribution in [0.5, 0.6) is 0 Å². The summed E-state index contributed by atoms with van der Waals surface area (Å²) in [5.74, 6) is -4.13. The minimum Gasteiger partial charge on any atom is -0.396 e. The van der Waals surface area contributed by atoms with E-state index in [-0.39, 0.29) is 118 Å². The van der Waals surface area contributed by atoms with Crippen molar-refractivity contribution in [3.63, 3.8) is 0 Å². The van der Waals surface area contributed by atoms with Crippen LogP contribution in [0.2, 0.25) is 0 Å². The fourth-order valence-electron chi connectivity index (χ4n) is 13.3. The number of hydrogen-bond donors (Lipinski definition) is 1. The second kappa shape index (κ2) is 20.9. The summed E-state index contributed by atoms with van der Waals surface area (Å²) in [6, 6.07) is 18.9. The van der Waals surface area contributed by atoms with Crippen LogP contribution in [0.15, 0.2) is 85.5 Å². The van der Waals surface area contributed by atoms with Gasteiger partial charge in [0.15, 0.2) is 12.0 Å². The van der Waals surface area contributed by atoms with Gasteiger partial charge in [-0.3, -0.25) is 19.4 Å². The van der Waals surface area contributed by atoms with Crippen molar-refractivity contribution < 1.29 is 58.9 Å². The van der Waals surface area contributed by atoms with Gasteiger partial charge in [-0.1, -0.05) is 38.1 Å². The molecule has 82 heavy (non-hydrogen) atoms. The second-order valence-electron chi connectivity index (χ2n) is 23.7. The molecule has 434 valence electrons. The Balaban J connectivity index is 0.724. The summed E-state index contributed by atoms with van der Waals surface area (Å²) in [6.07, 6.45) is -6.60. The number of amides is 2. The molecule has 6 aromatic rings. The van der Waals surface area contributed by atoms with Crippen molar-refractivity contribution in [3.05, 3.63) is 153 Å². The SMILES string of the molecule is CC1CN(Cc2cc3c(c(C(F)(F)F)c2)CN(c2cccc(C4([C@H](F)c5nncn5CCn5cnnc5CC5(c6cccc(N7Cc8c(cc(CN9C[C@@H](C)C[C@@H](CO)C9)cc8C(F)(F)F)C7=O)c6)COC5)CC4)c2)C3=O)CCC1(F)F. The lowest BCUT2D eigenvalue weighted by Crippen LogP contribution is -2.49. The van der Waals surface area contributed by atoms with E-state index in [2.05, 4.69) is 27.3 Å². The van der Waals surface area contributed by atoms with Crippen LogP contribution in [0, 0.1) is 17.8 Å². The number of aryl methyl sites for hydroxylation is 2. The van der Waals surface area contributed by atoms with E-state index in [1.807, 2.05) is 21.6 Å². The van der Waals surface area contributed by atoms with E-state index in [1.54, 1.807) is 58.3 Å². The molecule has 0 radical (unpaired) electrons. The smallest absolute Gasteiger partial charge is 0.396 e. The summed E-state index contributed by atoms with van der Waals surface area (Å²) in [6.45, 7) is 5.25. The molecule has 3 saturated heterocycles. The highest BCUT2D eigenvalue weighted by Crippen LogP contribution is 2.58. The number of rotatable bonds is 16. The molecule has 4 fully saturated rings. The zero-order valence-corrected chi connectivity index (χ0v) is 45.2. The first-order chi connectivity index (χ1) is 39.0. The van der Waals surface area contributed by atoms with Gasteiger partial charge in [0.2, 0.25) is 0 Å². The number of hydrogen-bond acceptors (Lipinski definition) is 10. The summed E-state index contributed by atoms with van der Waals surface area (Å²) in [7, 11) is 0. The molecular formula is C59H61F9N10O4. The molecular weight excluding hydrogens is 1080 g/mol. The van der Waals surface area contributed by atoms with E-state index in [4.69, 9.17) is 4.74 Å². The van der Waals surface area contributed by atoms with Gasteiger partial charge in [0.25, 0.3) is 17.7 Å². The number of aromatic nitrogens is 6. The number of aliphatic hydroxyl groups is 1. The largest absolute Gasteiger partial charge is 0.416 e. The van der Waals surface area contributed by atoms with E-state index in [0.29, 0.717) is 60.7 Å². The van der Waals surface area contributed by atoms with Crippen molar-refractivity contribution >= 4 is 23.2 Å². The van der Waals surface area contributed by atoms with Gasteiger partial charge >= 0.3 is 12.4 Å². The molecule has 14 nitrogen and oxygen atoms in total. The van der Waals surface area contributed by atoms with Crippen molar-refractivity contribution in [2.24, 2.45) is 17.8 Å². The summed E-state index contributed by atoms with van der Waals surface area (Å²) < 4.78 is 143. The number of carbonyl (C=O) groups excluding carboxylic acids is 2. The number of anilines is 2. The van der Waals surface area contributed by atoms with Crippen LogP contribution in [0.1, 0.15) is 123 Å². The summed E-state index contributed by atoms with van der Waals surface area (Å²) in [4.78, 5) is 34.6. The van der Waals surface area contributed by atoms with Crippen LogP contribution >= 0.6 is 0 Å². The van der Waals surface area contributed by atoms with Gasteiger partial charge in [-0.05, 0) is 113 Å². The van der Waals surface area contributed by atoms with E-state index in [9.17, 15) is 49.8 Å². The van der Waals surface area contributed by atoms with E-state index in [0.717, 1.165) is 24.1 Å². The Labute approximate surface area is 466 Å².